The number of nitrogen functional groups attached to an aromatic ring is 1. The monoisotopic (exact) mass is 297 g/mol. The molecule has 0 aliphatic rings. The second kappa shape index (κ2) is 5.98. The van der Waals surface area contributed by atoms with E-state index in [2.05, 4.69) is 10.4 Å². The molecule has 0 aliphatic carbocycles. The first-order valence-corrected chi connectivity index (χ1v) is 7.65. The van der Waals surface area contributed by atoms with Gasteiger partial charge in [0.25, 0.3) is 5.91 Å². The lowest BCUT2D eigenvalue weighted by molar-refractivity contribution is 0.100. The molecule has 0 atom stereocenters. The predicted molar refractivity (Wildman–Crippen MR) is 79.7 cm³/mol. The van der Waals surface area contributed by atoms with Crippen LogP contribution in [0.15, 0.2) is 23.4 Å². The Bertz CT molecular complexity index is 564. The zero-order chi connectivity index (χ0) is 13.8. The van der Waals surface area contributed by atoms with Crippen LogP contribution >= 0.6 is 23.1 Å². The zero-order valence-corrected chi connectivity index (χ0v) is 12.1. The smallest absolute Gasteiger partial charge is 0.261 e. The van der Waals surface area contributed by atoms with Gasteiger partial charge in [-0.15, -0.1) is 23.1 Å². The first-order valence-electron chi connectivity index (χ1n) is 5.60. The number of anilines is 2. The molecule has 1 amide bonds. The van der Waals surface area contributed by atoms with Crippen LogP contribution in [-0.4, -0.2) is 28.5 Å². The van der Waals surface area contributed by atoms with Crippen LogP contribution in [0.3, 0.4) is 0 Å². The molecule has 6 nitrogen and oxygen atoms in total. The fourth-order valence-electron chi connectivity index (χ4n) is 1.65. The van der Waals surface area contributed by atoms with Crippen molar-refractivity contribution < 1.29 is 4.79 Å². The Kier molecular flexibility index (Phi) is 4.33. The van der Waals surface area contributed by atoms with Gasteiger partial charge in [-0.05, 0) is 12.3 Å². The lowest BCUT2D eigenvalue weighted by Gasteiger charge is -2.06. The van der Waals surface area contributed by atoms with Crippen molar-refractivity contribution in [1.82, 2.24) is 9.78 Å². The van der Waals surface area contributed by atoms with Crippen LogP contribution in [0.5, 0.6) is 0 Å². The summed E-state index contributed by atoms with van der Waals surface area (Å²) in [6, 6.07) is 1.88. The Morgan fingerprint density at radius 1 is 1.63 bits per heavy atom. The van der Waals surface area contributed by atoms with Crippen LogP contribution in [-0.2, 0) is 6.54 Å². The van der Waals surface area contributed by atoms with Gasteiger partial charge in [0.2, 0.25) is 0 Å². The molecule has 0 spiro atoms. The van der Waals surface area contributed by atoms with Gasteiger partial charge in [0.1, 0.15) is 9.88 Å². The molecule has 8 heteroatoms. The maximum atomic E-state index is 11.3. The van der Waals surface area contributed by atoms with E-state index in [9.17, 15) is 4.79 Å². The van der Waals surface area contributed by atoms with E-state index in [1.165, 1.54) is 23.1 Å². The molecular formula is C11H15N5OS2. The highest BCUT2D eigenvalue weighted by atomic mass is 32.2. The third kappa shape index (κ3) is 3.02. The Balaban J connectivity index is 2.07. The van der Waals surface area contributed by atoms with Gasteiger partial charge in [0.15, 0.2) is 0 Å². The number of nitrogens with one attached hydrogen (secondary N) is 1. The van der Waals surface area contributed by atoms with Crippen molar-refractivity contribution in [3.8, 4) is 0 Å². The van der Waals surface area contributed by atoms with Crippen LogP contribution in [0.4, 0.5) is 10.7 Å². The average molecular weight is 297 g/mol. The fraction of sp³-hybridized carbons (Fsp3) is 0.273. The number of aromatic nitrogens is 2. The summed E-state index contributed by atoms with van der Waals surface area (Å²) in [7, 11) is 0. The van der Waals surface area contributed by atoms with Crippen LogP contribution < -0.4 is 16.8 Å². The van der Waals surface area contributed by atoms with Crippen molar-refractivity contribution in [1.29, 1.82) is 0 Å². The van der Waals surface area contributed by atoms with E-state index in [0.29, 0.717) is 17.1 Å². The minimum Gasteiger partial charge on any atom is -0.396 e. The number of hydrogen-bond acceptors (Lipinski definition) is 6. The first-order chi connectivity index (χ1) is 9.13. The summed E-state index contributed by atoms with van der Waals surface area (Å²) in [4.78, 5) is 12.5. The molecule has 2 rings (SSSR count). The number of thioether (sulfide) groups is 1. The van der Waals surface area contributed by atoms with Gasteiger partial charge in [0.05, 0.1) is 17.1 Å². The summed E-state index contributed by atoms with van der Waals surface area (Å²) >= 11 is 2.80. The van der Waals surface area contributed by atoms with Gasteiger partial charge in [-0.1, -0.05) is 0 Å². The lowest BCUT2D eigenvalue weighted by Crippen LogP contribution is -2.10. The van der Waals surface area contributed by atoms with E-state index in [-0.39, 0.29) is 0 Å². The highest BCUT2D eigenvalue weighted by Crippen LogP contribution is 2.41. The van der Waals surface area contributed by atoms with Gasteiger partial charge < -0.3 is 16.8 Å². The maximum absolute atomic E-state index is 11.3. The van der Waals surface area contributed by atoms with E-state index in [1.807, 2.05) is 23.2 Å². The third-order valence-corrected chi connectivity index (χ3v) is 4.65. The quantitative estimate of drug-likeness (QED) is 0.701. The number of thiophene rings is 1. The van der Waals surface area contributed by atoms with Crippen molar-refractivity contribution in [2.24, 2.45) is 5.73 Å². The van der Waals surface area contributed by atoms with Gasteiger partial charge in [-0.3, -0.25) is 9.48 Å². The topological polar surface area (TPSA) is 99.0 Å². The summed E-state index contributed by atoms with van der Waals surface area (Å²) in [6.45, 7) is 1.44. The number of carbonyl (C=O) groups is 1. The van der Waals surface area contributed by atoms with Crippen LogP contribution in [0.2, 0.25) is 0 Å². The molecule has 0 saturated carbocycles. The summed E-state index contributed by atoms with van der Waals surface area (Å²) in [5.41, 5.74) is 11.7. The molecule has 102 valence electrons. The number of nitrogens with two attached hydrogens (primary N) is 2. The second-order valence-electron chi connectivity index (χ2n) is 3.77. The van der Waals surface area contributed by atoms with E-state index < -0.39 is 5.91 Å². The molecule has 19 heavy (non-hydrogen) atoms. The van der Waals surface area contributed by atoms with Crippen LogP contribution in [0.25, 0.3) is 0 Å². The minimum atomic E-state index is -0.488. The third-order valence-electron chi connectivity index (χ3n) is 2.51. The number of primary amides is 1. The molecular weight excluding hydrogens is 282 g/mol. The Labute approximate surface area is 119 Å². The standard InChI is InChI=1S/C11H15N5OS2/c1-18-9-7(12)8(10(13)17)19-11(9)14-4-6-16-5-2-3-15-16/h2-3,5,14H,4,6,12H2,1H3,(H2,13,17). The molecule has 5 N–H and O–H groups in total. The normalized spacial score (nSPS) is 10.6. The molecule has 0 radical (unpaired) electrons. The SMILES string of the molecule is CSc1c(NCCn2cccn2)sc(C(N)=O)c1N. The zero-order valence-electron chi connectivity index (χ0n) is 10.4. The molecule has 2 aromatic heterocycles. The number of amides is 1. The van der Waals surface area contributed by atoms with Gasteiger partial charge in [-0.2, -0.15) is 5.10 Å². The molecule has 0 saturated heterocycles. The minimum absolute atomic E-state index is 0.408. The lowest BCUT2D eigenvalue weighted by atomic mass is 10.4. The number of nitrogens with zero attached hydrogens (tertiary/aromatic N) is 2. The molecule has 2 aromatic rings. The number of rotatable bonds is 6. The van der Waals surface area contributed by atoms with Gasteiger partial charge in [0, 0.05) is 18.9 Å². The molecule has 0 bridgehead atoms. The predicted octanol–water partition coefficient (Wildman–Crippen LogP) is 1.46. The van der Waals surface area contributed by atoms with E-state index >= 15 is 0 Å². The van der Waals surface area contributed by atoms with Gasteiger partial charge in [-0.25, -0.2) is 0 Å². The van der Waals surface area contributed by atoms with E-state index in [4.69, 9.17) is 11.5 Å². The average Bonchev–Trinajstić information content (AvgIpc) is 2.97. The Morgan fingerprint density at radius 2 is 2.42 bits per heavy atom. The summed E-state index contributed by atoms with van der Waals surface area (Å²) < 4.78 is 1.83. The van der Waals surface area contributed by atoms with E-state index in [0.717, 1.165) is 16.4 Å². The number of carbonyl (C=O) groups excluding carboxylic acids is 1. The second-order valence-corrected chi connectivity index (χ2v) is 5.60. The highest BCUT2D eigenvalue weighted by Gasteiger charge is 2.18. The van der Waals surface area contributed by atoms with Crippen molar-refractivity contribution in [3.05, 3.63) is 23.3 Å². The fourth-order valence-corrected chi connectivity index (χ4v) is 3.56. The molecule has 0 unspecified atom stereocenters. The molecule has 0 fully saturated rings. The summed E-state index contributed by atoms with van der Waals surface area (Å²) in [5, 5.41) is 8.27. The largest absolute Gasteiger partial charge is 0.396 e. The van der Waals surface area contributed by atoms with Crippen molar-refractivity contribution in [3.63, 3.8) is 0 Å². The van der Waals surface area contributed by atoms with Crippen molar-refractivity contribution in [2.75, 3.05) is 23.9 Å². The molecule has 2 heterocycles. The Morgan fingerprint density at radius 3 is 3.00 bits per heavy atom. The maximum Gasteiger partial charge on any atom is 0.261 e. The summed E-state index contributed by atoms with van der Waals surface area (Å²) in [5.74, 6) is -0.488. The van der Waals surface area contributed by atoms with Crippen molar-refractivity contribution in [2.45, 2.75) is 11.4 Å². The Hall–Kier alpha value is -1.67. The molecule has 0 aliphatic heterocycles. The number of hydrogen-bond donors (Lipinski definition) is 3. The van der Waals surface area contributed by atoms with E-state index in [1.54, 1.807) is 6.20 Å². The van der Waals surface area contributed by atoms with Crippen LogP contribution in [0.1, 0.15) is 9.67 Å². The van der Waals surface area contributed by atoms with Crippen molar-refractivity contribution >= 4 is 39.7 Å². The molecule has 0 aromatic carbocycles. The van der Waals surface area contributed by atoms with Gasteiger partial charge >= 0.3 is 0 Å². The summed E-state index contributed by atoms with van der Waals surface area (Å²) in [6.07, 6.45) is 5.55. The first kappa shape index (κ1) is 13.8. The van der Waals surface area contributed by atoms with Crippen LogP contribution in [0, 0.1) is 0 Å². The highest BCUT2D eigenvalue weighted by molar-refractivity contribution is 7.99.